The summed E-state index contributed by atoms with van der Waals surface area (Å²) in [5.74, 6) is 0. The van der Waals surface area contributed by atoms with Crippen LogP contribution in [0.25, 0.3) is 21.2 Å². The predicted molar refractivity (Wildman–Crippen MR) is 96.0 cm³/mol. The van der Waals surface area contributed by atoms with Crippen LogP contribution in [0.15, 0.2) is 35.4 Å². The lowest BCUT2D eigenvalue weighted by Crippen LogP contribution is -2.16. The Hall–Kier alpha value is -2.43. The smallest absolute Gasteiger partial charge is 0.285 e. The van der Waals surface area contributed by atoms with Crippen LogP contribution in [0.1, 0.15) is 11.4 Å². The second-order valence-corrected chi connectivity index (χ2v) is 7.22. The van der Waals surface area contributed by atoms with Gasteiger partial charge in [-0.15, -0.1) is 0 Å². The molecule has 0 saturated heterocycles. The van der Waals surface area contributed by atoms with Crippen molar-refractivity contribution in [3.05, 3.63) is 41.9 Å². The summed E-state index contributed by atoms with van der Waals surface area (Å²) in [5, 5.41) is 10.0. The number of pyridine rings is 1. The van der Waals surface area contributed by atoms with E-state index < -0.39 is 0 Å². The molecule has 0 atom stereocenters. The van der Waals surface area contributed by atoms with Gasteiger partial charge in [0.15, 0.2) is 12.3 Å². The van der Waals surface area contributed by atoms with Crippen LogP contribution in [0, 0.1) is 18.3 Å². The molecule has 0 radical (unpaired) electrons. The number of thioether (sulfide) groups is 1. The molecular weight excluding hydrogens is 340 g/mol. The van der Waals surface area contributed by atoms with Crippen LogP contribution in [0.5, 0.6) is 0 Å². The van der Waals surface area contributed by atoms with E-state index in [9.17, 15) is 4.79 Å². The molecule has 0 aliphatic heterocycles. The van der Waals surface area contributed by atoms with Gasteiger partial charge in [-0.2, -0.15) is 9.64 Å². The van der Waals surface area contributed by atoms with Crippen LogP contribution in [0.2, 0.25) is 0 Å². The maximum Gasteiger partial charge on any atom is 0.285 e. The highest BCUT2D eigenvalue weighted by atomic mass is 32.2. The first-order chi connectivity index (χ1) is 11.5. The first-order valence-corrected chi connectivity index (χ1v) is 8.80. The number of aryl methyl sites for hydroxylation is 1. The molecule has 5 nitrogen and oxygen atoms in total. The lowest BCUT2D eigenvalue weighted by Gasteiger charge is -2.12. The zero-order valence-electron chi connectivity index (χ0n) is 13.5. The number of aromatic amines is 1. The molecule has 7 heteroatoms. The molecule has 1 aromatic carbocycles. The molecule has 0 saturated carbocycles. The summed E-state index contributed by atoms with van der Waals surface area (Å²) >= 11 is 2.62. The minimum absolute atomic E-state index is 0.0329. The van der Waals surface area contributed by atoms with Crippen molar-refractivity contribution in [3.8, 4) is 17.2 Å². The van der Waals surface area contributed by atoms with Gasteiger partial charge >= 0.3 is 0 Å². The van der Waals surface area contributed by atoms with Gasteiger partial charge in [-0.05, 0) is 42.4 Å². The minimum Gasteiger partial charge on any atom is -0.339 e. The fourth-order valence-corrected chi connectivity index (χ4v) is 4.15. The molecule has 0 unspecified atom stereocenters. The Morgan fingerprint density at radius 2 is 2.12 bits per heavy atom. The van der Waals surface area contributed by atoms with Crippen LogP contribution in [-0.4, -0.2) is 28.6 Å². The second kappa shape index (κ2) is 6.59. The number of aromatic nitrogens is 2. The number of fused-ring (bicyclic) bond motifs is 1. The third-order valence-corrected chi connectivity index (χ3v) is 5.64. The van der Waals surface area contributed by atoms with Crippen LogP contribution in [-0.2, 0) is 0 Å². The summed E-state index contributed by atoms with van der Waals surface area (Å²) in [6, 6.07) is 9.68. The zero-order chi connectivity index (χ0) is 17.3. The highest BCUT2D eigenvalue weighted by molar-refractivity contribution is 8.13. The molecule has 0 aliphatic rings. The Labute approximate surface area is 148 Å². The fraction of sp³-hybridized carbons (Fsp3) is 0.176. The summed E-state index contributed by atoms with van der Waals surface area (Å²) in [7, 11) is 3.47. The summed E-state index contributed by atoms with van der Waals surface area (Å²) in [4.78, 5) is 17.6. The van der Waals surface area contributed by atoms with E-state index in [4.69, 9.17) is 5.26 Å². The third-order valence-electron chi connectivity index (χ3n) is 3.57. The normalized spacial score (nSPS) is 10.6. The third kappa shape index (κ3) is 2.98. The lowest BCUT2D eigenvalue weighted by atomic mass is 10.0. The first-order valence-electron chi connectivity index (χ1n) is 7.21. The largest absolute Gasteiger partial charge is 0.339 e. The maximum atomic E-state index is 12.2. The molecule has 24 heavy (non-hydrogen) atoms. The average molecular weight is 355 g/mol. The quantitative estimate of drug-likeness (QED) is 0.657. The second-order valence-electron chi connectivity index (χ2n) is 5.45. The summed E-state index contributed by atoms with van der Waals surface area (Å²) < 4.78 is 5.49. The Morgan fingerprint density at radius 1 is 1.33 bits per heavy atom. The number of benzene rings is 1. The van der Waals surface area contributed by atoms with Gasteiger partial charge in [-0.3, -0.25) is 4.79 Å². The standard InChI is InChI=1S/C17H14N4OS2/c1-10-13-6-7-14(23-17(22)21(2)3)15(16(13)24-20-10)11-4-5-12(8-18)19-9-11/h4-7,9H,1-3H3/p+1. The minimum atomic E-state index is -0.0329. The van der Waals surface area contributed by atoms with Gasteiger partial charge in [0.1, 0.15) is 0 Å². The van der Waals surface area contributed by atoms with E-state index in [0.717, 1.165) is 31.8 Å². The molecule has 0 aliphatic carbocycles. The Morgan fingerprint density at radius 3 is 2.75 bits per heavy atom. The number of rotatable bonds is 2. The van der Waals surface area contributed by atoms with Crippen LogP contribution in [0.3, 0.4) is 0 Å². The van der Waals surface area contributed by atoms with Gasteiger partial charge in [0.25, 0.3) is 10.9 Å². The molecule has 3 rings (SSSR count). The van der Waals surface area contributed by atoms with Crippen molar-refractivity contribution in [2.45, 2.75) is 11.8 Å². The van der Waals surface area contributed by atoms with Crippen molar-refractivity contribution >= 4 is 38.6 Å². The van der Waals surface area contributed by atoms with Crippen molar-refractivity contribution in [2.75, 3.05) is 14.1 Å². The molecule has 1 amide bonds. The predicted octanol–water partition coefficient (Wildman–Crippen LogP) is 3.73. The van der Waals surface area contributed by atoms with E-state index in [1.807, 2.05) is 25.1 Å². The number of nitrogens with zero attached hydrogens (tertiary/aromatic N) is 3. The molecule has 2 aromatic heterocycles. The van der Waals surface area contributed by atoms with Gasteiger partial charge in [0.05, 0.1) is 10.4 Å². The number of amides is 1. The topological polar surface area (TPSA) is 71.1 Å². The van der Waals surface area contributed by atoms with Crippen molar-refractivity contribution in [3.63, 3.8) is 0 Å². The molecule has 0 spiro atoms. The van der Waals surface area contributed by atoms with Crippen LogP contribution >= 0.6 is 23.3 Å². The van der Waals surface area contributed by atoms with Crippen LogP contribution in [0.4, 0.5) is 4.79 Å². The molecule has 1 N–H and O–H groups in total. The molecule has 0 fully saturated rings. The van der Waals surface area contributed by atoms with Crippen molar-refractivity contribution in [1.82, 2.24) is 9.27 Å². The van der Waals surface area contributed by atoms with Gasteiger partial charge < -0.3 is 4.90 Å². The SMILES string of the molecule is Cc1nsc2c(-c3ccc(C#N)[nH+]c3)c(SC(=O)N(C)C)ccc12. The zero-order valence-corrected chi connectivity index (χ0v) is 15.1. The number of nitriles is 1. The summed E-state index contributed by atoms with van der Waals surface area (Å²) in [6.45, 7) is 1.98. The highest BCUT2D eigenvalue weighted by Crippen LogP contribution is 2.40. The number of H-pyrrole nitrogens is 1. The Balaban J connectivity index is 2.20. The summed E-state index contributed by atoms with van der Waals surface area (Å²) in [6.07, 6.45) is 1.80. The molecule has 0 bridgehead atoms. The monoisotopic (exact) mass is 355 g/mol. The van der Waals surface area contributed by atoms with E-state index in [-0.39, 0.29) is 5.24 Å². The Bertz CT molecular complexity index is 955. The molecule has 3 aromatic rings. The fourth-order valence-electron chi connectivity index (χ4n) is 2.30. The maximum absolute atomic E-state index is 12.2. The van der Waals surface area contributed by atoms with Crippen molar-refractivity contribution in [1.29, 1.82) is 5.26 Å². The van der Waals surface area contributed by atoms with Gasteiger partial charge in [0, 0.05) is 41.6 Å². The van der Waals surface area contributed by atoms with E-state index in [0.29, 0.717) is 5.69 Å². The number of hydrogen-bond acceptors (Lipinski definition) is 5. The lowest BCUT2D eigenvalue weighted by molar-refractivity contribution is -0.381. The molecule has 2 heterocycles. The molecular formula is C17H15N4OS2+. The average Bonchev–Trinajstić information content (AvgIpc) is 2.96. The van der Waals surface area contributed by atoms with E-state index in [2.05, 4.69) is 15.4 Å². The highest BCUT2D eigenvalue weighted by Gasteiger charge is 2.19. The van der Waals surface area contributed by atoms with E-state index >= 15 is 0 Å². The first kappa shape index (κ1) is 16.4. The van der Waals surface area contributed by atoms with Crippen molar-refractivity contribution in [2.24, 2.45) is 0 Å². The van der Waals surface area contributed by atoms with E-state index in [1.165, 1.54) is 23.3 Å². The van der Waals surface area contributed by atoms with Crippen LogP contribution < -0.4 is 4.98 Å². The van der Waals surface area contributed by atoms with Gasteiger partial charge in [-0.1, -0.05) is 6.07 Å². The van der Waals surface area contributed by atoms with Crippen molar-refractivity contribution < 1.29 is 9.78 Å². The number of nitrogens with one attached hydrogen (secondary N) is 1. The number of carbonyl (C=O) groups excluding carboxylic acids is 1. The Kier molecular flexibility index (Phi) is 4.51. The number of hydrogen-bond donors (Lipinski definition) is 0. The summed E-state index contributed by atoms with van der Waals surface area (Å²) in [5.41, 5.74) is 3.37. The van der Waals surface area contributed by atoms with Gasteiger partial charge in [-0.25, -0.2) is 4.98 Å². The number of carbonyl (C=O) groups is 1. The molecule has 120 valence electrons. The van der Waals surface area contributed by atoms with Gasteiger partial charge in [0.2, 0.25) is 0 Å². The van der Waals surface area contributed by atoms with E-state index in [1.54, 1.807) is 31.3 Å².